The maximum atomic E-state index is 11.6. The number of amides is 2. The fraction of sp³-hybridized carbons (Fsp3) is 0.278. The molecule has 1 aliphatic heterocycles. The molecular formula is C18H21N3O4S. The smallest absolute Gasteiger partial charge is 0.286 e. The summed E-state index contributed by atoms with van der Waals surface area (Å²) in [6.45, 7) is 1.27. The number of hydrogen-bond donors (Lipinski definition) is 1. The average molecular weight is 375 g/mol. The Bertz CT molecular complexity index is 740. The molecular weight excluding hydrogens is 354 g/mol. The molecule has 0 spiro atoms. The highest BCUT2D eigenvalue weighted by atomic mass is 32.2. The summed E-state index contributed by atoms with van der Waals surface area (Å²) in [7, 11) is 1.97. The molecule has 0 saturated carbocycles. The second-order valence-electron chi connectivity index (χ2n) is 5.69. The number of ether oxygens (including phenoxy) is 1. The monoisotopic (exact) mass is 375 g/mol. The van der Waals surface area contributed by atoms with Crippen molar-refractivity contribution in [1.29, 1.82) is 0 Å². The zero-order valence-electron chi connectivity index (χ0n) is 14.3. The summed E-state index contributed by atoms with van der Waals surface area (Å²) >= 11 is 1.05. The van der Waals surface area contributed by atoms with E-state index in [-0.39, 0.29) is 21.9 Å². The van der Waals surface area contributed by atoms with E-state index >= 15 is 0 Å². The maximum absolute atomic E-state index is 11.6. The maximum Gasteiger partial charge on any atom is 0.286 e. The molecule has 1 atom stereocenters. The van der Waals surface area contributed by atoms with Gasteiger partial charge in [-0.25, -0.2) is 4.98 Å². The molecule has 138 valence electrons. The first kappa shape index (κ1) is 19.7. The third kappa shape index (κ3) is 5.21. The number of aromatic nitrogens is 1. The molecule has 2 heterocycles. The van der Waals surface area contributed by atoms with Crippen molar-refractivity contribution in [3.8, 4) is 5.75 Å². The van der Waals surface area contributed by atoms with Crippen molar-refractivity contribution in [3.05, 3.63) is 54.2 Å². The number of anilines is 1. The molecule has 3 N–H and O–H groups in total. The van der Waals surface area contributed by atoms with E-state index in [0.29, 0.717) is 13.0 Å². The van der Waals surface area contributed by atoms with Crippen LogP contribution in [-0.4, -0.2) is 47.1 Å². The Morgan fingerprint density at radius 3 is 2.58 bits per heavy atom. The largest absolute Gasteiger partial charge is 0.492 e. The molecule has 1 aromatic carbocycles. The number of carbonyl (C=O) groups is 2. The van der Waals surface area contributed by atoms with E-state index in [1.165, 1.54) is 0 Å². The van der Waals surface area contributed by atoms with Gasteiger partial charge in [0.05, 0.1) is 11.8 Å². The average Bonchev–Trinajstić information content (AvgIpc) is 2.94. The Kier molecular flexibility index (Phi) is 6.99. The van der Waals surface area contributed by atoms with Crippen LogP contribution < -0.4 is 15.0 Å². The third-order valence-corrected chi connectivity index (χ3v) is 4.83. The van der Waals surface area contributed by atoms with E-state index < -0.39 is 0 Å². The Hall–Kier alpha value is -2.58. The highest BCUT2D eigenvalue weighted by molar-refractivity contribution is 8.15. The van der Waals surface area contributed by atoms with Crippen LogP contribution in [0.1, 0.15) is 5.56 Å². The lowest BCUT2D eigenvalue weighted by Crippen LogP contribution is -2.25. The van der Waals surface area contributed by atoms with Gasteiger partial charge in [-0.15, -0.1) is 0 Å². The van der Waals surface area contributed by atoms with Crippen molar-refractivity contribution < 1.29 is 19.8 Å². The molecule has 1 saturated heterocycles. The SMILES string of the molecule is CN(CCOc1ccc(CC2SC(=O)NC2=O)cc1)c1ccccn1.O. The number of imide groups is 1. The van der Waals surface area contributed by atoms with Crippen LogP contribution in [0.5, 0.6) is 5.75 Å². The summed E-state index contributed by atoms with van der Waals surface area (Å²) in [5.41, 5.74) is 1.00. The highest BCUT2D eigenvalue weighted by Gasteiger charge is 2.31. The van der Waals surface area contributed by atoms with E-state index in [2.05, 4.69) is 10.3 Å². The quantitative estimate of drug-likeness (QED) is 0.789. The van der Waals surface area contributed by atoms with Crippen molar-refractivity contribution in [2.45, 2.75) is 11.7 Å². The summed E-state index contributed by atoms with van der Waals surface area (Å²) in [4.78, 5) is 29.1. The topological polar surface area (TPSA) is 103 Å². The van der Waals surface area contributed by atoms with Crippen molar-refractivity contribution in [2.75, 3.05) is 25.1 Å². The van der Waals surface area contributed by atoms with Gasteiger partial charge >= 0.3 is 0 Å². The lowest BCUT2D eigenvalue weighted by atomic mass is 10.1. The van der Waals surface area contributed by atoms with Crippen LogP contribution in [0.3, 0.4) is 0 Å². The first-order valence-corrected chi connectivity index (χ1v) is 8.85. The minimum Gasteiger partial charge on any atom is -0.492 e. The summed E-state index contributed by atoms with van der Waals surface area (Å²) in [5.74, 6) is 1.47. The van der Waals surface area contributed by atoms with Gasteiger partial charge in [-0.3, -0.25) is 14.9 Å². The Morgan fingerprint density at radius 1 is 1.19 bits per heavy atom. The number of pyridine rings is 1. The summed E-state index contributed by atoms with van der Waals surface area (Å²) < 4.78 is 5.75. The van der Waals surface area contributed by atoms with Gasteiger partial charge in [0.2, 0.25) is 5.91 Å². The zero-order chi connectivity index (χ0) is 17.6. The molecule has 26 heavy (non-hydrogen) atoms. The summed E-state index contributed by atoms with van der Waals surface area (Å²) in [6.07, 6.45) is 2.30. The van der Waals surface area contributed by atoms with Gasteiger partial charge in [-0.2, -0.15) is 0 Å². The minimum atomic E-state index is -0.341. The minimum absolute atomic E-state index is 0. The van der Waals surface area contributed by atoms with Gasteiger partial charge in [-0.1, -0.05) is 30.0 Å². The summed E-state index contributed by atoms with van der Waals surface area (Å²) in [5, 5.41) is 1.69. The number of benzene rings is 1. The third-order valence-electron chi connectivity index (χ3n) is 3.85. The van der Waals surface area contributed by atoms with Crippen molar-refractivity contribution >= 4 is 28.7 Å². The molecule has 0 bridgehead atoms. The van der Waals surface area contributed by atoms with Crippen molar-refractivity contribution in [1.82, 2.24) is 10.3 Å². The van der Waals surface area contributed by atoms with Crippen LogP contribution in [0.2, 0.25) is 0 Å². The van der Waals surface area contributed by atoms with Crippen molar-refractivity contribution in [3.63, 3.8) is 0 Å². The molecule has 7 nitrogen and oxygen atoms in total. The highest BCUT2D eigenvalue weighted by Crippen LogP contribution is 2.23. The lowest BCUT2D eigenvalue weighted by Gasteiger charge is -2.18. The van der Waals surface area contributed by atoms with Gasteiger partial charge in [-0.05, 0) is 36.2 Å². The number of nitrogens with one attached hydrogen (secondary N) is 1. The van der Waals surface area contributed by atoms with Crippen LogP contribution in [0.4, 0.5) is 10.6 Å². The van der Waals surface area contributed by atoms with Crippen LogP contribution in [0.25, 0.3) is 0 Å². The molecule has 1 fully saturated rings. The fourth-order valence-corrected chi connectivity index (χ4v) is 3.32. The number of rotatable bonds is 7. The predicted octanol–water partition coefficient (Wildman–Crippen LogP) is 1.67. The summed E-state index contributed by atoms with van der Waals surface area (Å²) in [6, 6.07) is 13.4. The molecule has 2 amide bonds. The molecule has 1 aromatic heterocycles. The molecule has 3 rings (SSSR count). The van der Waals surface area contributed by atoms with Crippen LogP contribution >= 0.6 is 11.8 Å². The lowest BCUT2D eigenvalue weighted by molar-refractivity contribution is -0.118. The van der Waals surface area contributed by atoms with Crippen molar-refractivity contribution in [2.24, 2.45) is 0 Å². The molecule has 8 heteroatoms. The van der Waals surface area contributed by atoms with Crippen LogP contribution in [0, 0.1) is 0 Å². The fourth-order valence-electron chi connectivity index (χ4n) is 2.46. The van der Waals surface area contributed by atoms with E-state index in [1.807, 2.05) is 54.4 Å². The zero-order valence-corrected chi connectivity index (χ0v) is 15.2. The molecule has 0 aliphatic carbocycles. The molecule has 2 aromatic rings. The van der Waals surface area contributed by atoms with E-state index in [9.17, 15) is 9.59 Å². The number of thioether (sulfide) groups is 1. The van der Waals surface area contributed by atoms with Gasteiger partial charge in [0.1, 0.15) is 18.2 Å². The number of nitrogens with zero attached hydrogens (tertiary/aromatic N) is 2. The number of hydrogen-bond acceptors (Lipinski definition) is 6. The van der Waals surface area contributed by atoms with E-state index in [4.69, 9.17) is 4.74 Å². The molecule has 0 radical (unpaired) electrons. The van der Waals surface area contributed by atoms with Crippen LogP contribution in [0.15, 0.2) is 48.7 Å². The van der Waals surface area contributed by atoms with Gasteiger partial charge in [0, 0.05) is 13.2 Å². The molecule has 1 aliphatic rings. The van der Waals surface area contributed by atoms with Gasteiger partial charge in [0.25, 0.3) is 5.24 Å². The Morgan fingerprint density at radius 2 is 1.96 bits per heavy atom. The standard InChI is InChI=1S/C18H19N3O3S.H2O/c1-21(16-4-2-3-9-19-16)10-11-24-14-7-5-13(6-8-14)12-15-17(22)20-18(23)25-15;/h2-9,15H,10-12H2,1H3,(H,20,22,23);1H2. The number of likely N-dealkylation sites (N-methyl/N-ethyl adjacent to an activating group) is 1. The molecule has 1 unspecified atom stereocenters. The van der Waals surface area contributed by atoms with Gasteiger partial charge in [0.15, 0.2) is 0 Å². The van der Waals surface area contributed by atoms with Crippen LogP contribution in [-0.2, 0) is 11.2 Å². The first-order chi connectivity index (χ1) is 12.1. The first-order valence-electron chi connectivity index (χ1n) is 7.97. The Balaban J connectivity index is 0.00000243. The second kappa shape index (κ2) is 9.21. The van der Waals surface area contributed by atoms with E-state index in [0.717, 1.165) is 35.4 Å². The van der Waals surface area contributed by atoms with Gasteiger partial charge < -0.3 is 15.1 Å². The predicted molar refractivity (Wildman–Crippen MR) is 102 cm³/mol. The normalized spacial score (nSPS) is 16.0. The Labute approximate surface area is 156 Å². The second-order valence-corrected chi connectivity index (χ2v) is 6.86. The van der Waals surface area contributed by atoms with E-state index in [1.54, 1.807) is 6.20 Å². The number of carbonyl (C=O) groups excluding carboxylic acids is 2.